The van der Waals surface area contributed by atoms with E-state index in [9.17, 15) is 31.9 Å². The van der Waals surface area contributed by atoms with Gasteiger partial charge < -0.3 is 15.0 Å². The number of anilines is 1. The van der Waals surface area contributed by atoms with Gasteiger partial charge in [0.25, 0.3) is 5.56 Å². The van der Waals surface area contributed by atoms with Gasteiger partial charge in [-0.2, -0.15) is 13.2 Å². The zero-order valence-corrected chi connectivity index (χ0v) is 19.5. The SMILES string of the molecule is CNc1c(C(F)(F)F)cc(-c2ccc(-c3ccc(O)c(Cl)c3)s2)n(Cc2ccc(F)cc2F)c1=O. The molecule has 182 valence electrons. The molecular formula is C24H16ClF5N2O2S. The van der Waals surface area contributed by atoms with Crippen LogP contribution in [0, 0.1) is 11.6 Å². The standard InChI is InChI=1S/C24H16ClF5N2O2S/c1-31-22-15(24(28,29)30)10-18(32(23(22)34)11-13-2-4-14(26)9-17(13)27)21-7-6-20(35-21)12-3-5-19(33)16(25)8-12/h2-10,31,33H,11H2,1H3. The van der Waals surface area contributed by atoms with Crippen molar-refractivity contribution in [1.29, 1.82) is 0 Å². The highest BCUT2D eigenvalue weighted by atomic mass is 35.5. The maximum absolute atomic E-state index is 14.4. The second-order valence-electron chi connectivity index (χ2n) is 7.52. The van der Waals surface area contributed by atoms with Gasteiger partial charge in [0, 0.05) is 23.6 Å². The number of thiophene rings is 1. The number of nitrogens with zero attached hydrogens (tertiary/aromatic N) is 1. The number of hydrogen-bond donors (Lipinski definition) is 2. The molecule has 4 rings (SSSR count). The van der Waals surface area contributed by atoms with Crippen molar-refractivity contribution in [2.75, 3.05) is 12.4 Å². The van der Waals surface area contributed by atoms with Crippen LogP contribution in [0.3, 0.4) is 0 Å². The molecule has 35 heavy (non-hydrogen) atoms. The summed E-state index contributed by atoms with van der Waals surface area (Å²) in [5.74, 6) is -1.88. The van der Waals surface area contributed by atoms with Crippen molar-refractivity contribution in [1.82, 2.24) is 4.57 Å². The number of aromatic hydroxyl groups is 1. The molecule has 11 heteroatoms. The van der Waals surface area contributed by atoms with E-state index in [1.807, 2.05) is 0 Å². The number of rotatable bonds is 5. The molecule has 0 radical (unpaired) electrons. The largest absolute Gasteiger partial charge is 0.506 e. The maximum Gasteiger partial charge on any atom is 0.418 e. The van der Waals surface area contributed by atoms with Gasteiger partial charge in [-0.15, -0.1) is 11.3 Å². The number of benzene rings is 2. The molecule has 2 heterocycles. The van der Waals surface area contributed by atoms with E-state index in [0.29, 0.717) is 21.4 Å². The van der Waals surface area contributed by atoms with Gasteiger partial charge in [0.2, 0.25) is 0 Å². The molecule has 0 aliphatic carbocycles. The van der Waals surface area contributed by atoms with E-state index in [1.54, 1.807) is 12.1 Å². The zero-order valence-electron chi connectivity index (χ0n) is 17.9. The van der Waals surface area contributed by atoms with Crippen molar-refractivity contribution in [3.63, 3.8) is 0 Å². The lowest BCUT2D eigenvalue weighted by Crippen LogP contribution is -2.28. The number of phenols is 1. The lowest BCUT2D eigenvalue weighted by Gasteiger charge is -2.19. The van der Waals surface area contributed by atoms with E-state index < -0.39 is 41.2 Å². The van der Waals surface area contributed by atoms with E-state index in [2.05, 4.69) is 5.32 Å². The number of nitrogens with one attached hydrogen (secondary N) is 1. The summed E-state index contributed by atoms with van der Waals surface area (Å²) in [7, 11) is 1.19. The van der Waals surface area contributed by atoms with Crippen LogP contribution in [-0.2, 0) is 12.7 Å². The molecule has 0 fully saturated rings. The summed E-state index contributed by atoms with van der Waals surface area (Å²) in [6.45, 7) is -0.425. The van der Waals surface area contributed by atoms with Crippen LogP contribution in [0.4, 0.5) is 27.6 Å². The molecule has 0 saturated heterocycles. The lowest BCUT2D eigenvalue weighted by molar-refractivity contribution is -0.137. The summed E-state index contributed by atoms with van der Waals surface area (Å²) in [4.78, 5) is 14.1. The molecule has 0 saturated carbocycles. The monoisotopic (exact) mass is 526 g/mol. The first-order valence-electron chi connectivity index (χ1n) is 10.1. The molecule has 0 atom stereocenters. The van der Waals surface area contributed by atoms with Crippen molar-refractivity contribution in [3.8, 4) is 26.8 Å². The van der Waals surface area contributed by atoms with Gasteiger partial charge in [0.15, 0.2) is 0 Å². The topological polar surface area (TPSA) is 54.3 Å². The van der Waals surface area contributed by atoms with Crippen LogP contribution in [0.5, 0.6) is 5.75 Å². The Labute approximate surface area is 204 Å². The number of aromatic nitrogens is 1. The van der Waals surface area contributed by atoms with Crippen LogP contribution >= 0.6 is 22.9 Å². The van der Waals surface area contributed by atoms with Crippen molar-refractivity contribution in [2.45, 2.75) is 12.7 Å². The summed E-state index contributed by atoms with van der Waals surface area (Å²) < 4.78 is 70.2. The predicted octanol–water partition coefficient (Wildman–Crippen LogP) is 6.99. The number of halogens is 6. The van der Waals surface area contributed by atoms with Crippen molar-refractivity contribution >= 4 is 28.6 Å². The van der Waals surface area contributed by atoms with Gasteiger partial charge in [-0.1, -0.05) is 17.7 Å². The Morgan fingerprint density at radius 1 is 1.03 bits per heavy atom. The lowest BCUT2D eigenvalue weighted by atomic mass is 10.1. The summed E-state index contributed by atoms with van der Waals surface area (Å²) in [6, 6.07) is 11.2. The van der Waals surface area contributed by atoms with E-state index in [0.717, 1.165) is 34.1 Å². The van der Waals surface area contributed by atoms with Gasteiger partial charge in [0.05, 0.1) is 27.7 Å². The smallest absolute Gasteiger partial charge is 0.418 e. The predicted molar refractivity (Wildman–Crippen MR) is 126 cm³/mol. The van der Waals surface area contributed by atoms with E-state index >= 15 is 0 Å². The highest BCUT2D eigenvalue weighted by Gasteiger charge is 2.36. The van der Waals surface area contributed by atoms with E-state index in [4.69, 9.17) is 11.6 Å². The minimum atomic E-state index is -4.84. The molecular weight excluding hydrogens is 511 g/mol. The molecule has 4 aromatic rings. The Morgan fingerprint density at radius 3 is 2.37 bits per heavy atom. The van der Waals surface area contributed by atoms with Crippen molar-refractivity contribution in [2.24, 2.45) is 0 Å². The summed E-state index contributed by atoms with van der Waals surface area (Å²) in [5.41, 5.74) is -2.43. The second kappa shape index (κ2) is 9.35. The summed E-state index contributed by atoms with van der Waals surface area (Å²) >= 11 is 7.05. The Morgan fingerprint density at radius 2 is 1.74 bits per heavy atom. The molecule has 2 N–H and O–H groups in total. The van der Waals surface area contributed by atoms with E-state index in [1.165, 1.54) is 25.2 Å². The van der Waals surface area contributed by atoms with Crippen LogP contribution in [0.15, 0.2) is 59.4 Å². The maximum atomic E-state index is 14.4. The molecule has 2 aromatic carbocycles. The quantitative estimate of drug-likeness (QED) is 0.276. The molecule has 0 spiro atoms. The normalized spacial score (nSPS) is 11.6. The molecule has 2 aromatic heterocycles. The van der Waals surface area contributed by atoms with Crippen LogP contribution in [0.25, 0.3) is 21.0 Å². The third-order valence-electron chi connectivity index (χ3n) is 5.29. The molecule has 0 aliphatic rings. The minimum absolute atomic E-state index is 0.0707. The highest BCUT2D eigenvalue weighted by Crippen LogP contribution is 2.40. The minimum Gasteiger partial charge on any atom is -0.506 e. The van der Waals surface area contributed by atoms with Crippen molar-refractivity contribution in [3.05, 3.63) is 92.7 Å². The zero-order chi connectivity index (χ0) is 25.5. The van der Waals surface area contributed by atoms with Gasteiger partial charge in [-0.05, 0) is 48.0 Å². The van der Waals surface area contributed by atoms with Gasteiger partial charge >= 0.3 is 6.18 Å². The van der Waals surface area contributed by atoms with Gasteiger partial charge in [-0.3, -0.25) is 4.79 Å². The second-order valence-corrected chi connectivity index (χ2v) is 9.01. The third kappa shape index (κ3) is 4.89. The summed E-state index contributed by atoms with van der Waals surface area (Å²) in [5, 5.41) is 12.0. The Hall–Kier alpha value is -3.37. The number of phenolic OH excluding ortho intramolecular Hbond substituents is 1. The highest BCUT2D eigenvalue weighted by molar-refractivity contribution is 7.18. The molecule has 0 amide bonds. The number of hydrogen-bond acceptors (Lipinski definition) is 4. The molecule has 0 aliphatic heterocycles. The van der Waals surface area contributed by atoms with Crippen LogP contribution in [0.2, 0.25) is 5.02 Å². The van der Waals surface area contributed by atoms with E-state index in [-0.39, 0.29) is 22.0 Å². The number of pyridine rings is 1. The number of alkyl halides is 3. The fraction of sp³-hybridized carbons (Fsp3) is 0.125. The Kier molecular flexibility index (Phi) is 6.61. The fourth-order valence-electron chi connectivity index (χ4n) is 3.58. The third-order valence-corrected chi connectivity index (χ3v) is 6.75. The molecule has 0 unspecified atom stereocenters. The van der Waals surface area contributed by atoms with Gasteiger partial charge in [-0.25, -0.2) is 8.78 Å². The molecule has 0 bridgehead atoms. The van der Waals surface area contributed by atoms with Crippen LogP contribution in [0.1, 0.15) is 11.1 Å². The average molecular weight is 527 g/mol. The Bertz CT molecular complexity index is 1480. The van der Waals surface area contributed by atoms with Gasteiger partial charge in [0.1, 0.15) is 23.1 Å². The van der Waals surface area contributed by atoms with Crippen LogP contribution < -0.4 is 10.9 Å². The fourth-order valence-corrected chi connectivity index (χ4v) is 4.79. The first kappa shape index (κ1) is 24.7. The van der Waals surface area contributed by atoms with Crippen molar-refractivity contribution < 1.29 is 27.1 Å². The Balaban J connectivity index is 1.92. The van der Waals surface area contributed by atoms with Crippen LogP contribution in [-0.4, -0.2) is 16.7 Å². The molecule has 4 nitrogen and oxygen atoms in total. The summed E-state index contributed by atoms with van der Waals surface area (Å²) in [6.07, 6.45) is -4.84. The average Bonchev–Trinajstić information content (AvgIpc) is 3.27. The first-order chi connectivity index (χ1) is 16.5. The first-order valence-corrected chi connectivity index (χ1v) is 11.2.